The topological polar surface area (TPSA) is 71.3 Å². The van der Waals surface area contributed by atoms with Crippen molar-refractivity contribution in [3.05, 3.63) is 50.0 Å². The zero-order chi connectivity index (χ0) is 21.5. The predicted octanol–water partition coefficient (Wildman–Crippen LogP) is 3.50. The molecule has 3 aromatic heterocycles. The van der Waals surface area contributed by atoms with Crippen LogP contribution in [0.25, 0.3) is 10.2 Å². The second kappa shape index (κ2) is 8.24. The first kappa shape index (κ1) is 20.5. The average molecular weight is 458 g/mol. The number of halogens is 1. The van der Waals surface area contributed by atoms with Crippen LogP contribution in [0.2, 0.25) is 5.02 Å². The molecule has 5 heterocycles. The molecule has 2 aliphatic heterocycles. The Bertz CT molecular complexity index is 1200. The molecule has 162 valence electrons. The first-order chi connectivity index (χ1) is 15.0. The zero-order valence-corrected chi connectivity index (χ0v) is 19.0. The van der Waals surface area contributed by atoms with Gasteiger partial charge in [-0.25, -0.2) is 9.97 Å². The molecule has 1 fully saturated rings. The van der Waals surface area contributed by atoms with Crippen molar-refractivity contribution < 1.29 is 4.79 Å². The highest BCUT2D eigenvalue weighted by atomic mass is 35.5. The summed E-state index contributed by atoms with van der Waals surface area (Å²) in [5.41, 5.74) is 0.775. The van der Waals surface area contributed by atoms with E-state index in [2.05, 4.69) is 9.88 Å². The van der Waals surface area contributed by atoms with Crippen LogP contribution < -0.4 is 10.5 Å². The summed E-state index contributed by atoms with van der Waals surface area (Å²) in [5.74, 6) is 1.72. The maximum absolute atomic E-state index is 13.3. The summed E-state index contributed by atoms with van der Waals surface area (Å²) in [6.45, 7) is 5.24. The quantitative estimate of drug-likeness (QED) is 0.589. The second-order valence-corrected chi connectivity index (χ2v) is 9.58. The molecule has 0 radical (unpaired) electrons. The van der Waals surface area contributed by atoms with E-state index in [9.17, 15) is 9.59 Å². The Balaban J connectivity index is 1.39. The third kappa shape index (κ3) is 3.72. The van der Waals surface area contributed by atoms with Gasteiger partial charge in [0.2, 0.25) is 0 Å². The molecule has 0 saturated carbocycles. The number of fused-ring (bicyclic) bond motifs is 2. The van der Waals surface area contributed by atoms with Crippen molar-refractivity contribution in [1.29, 1.82) is 0 Å². The van der Waals surface area contributed by atoms with Gasteiger partial charge in [0.15, 0.2) is 0 Å². The van der Waals surface area contributed by atoms with E-state index in [4.69, 9.17) is 16.6 Å². The molecule has 2 aliphatic rings. The van der Waals surface area contributed by atoms with Gasteiger partial charge >= 0.3 is 0 Å². The van der Waals surface area contributed by atoms with Crippen LogP contribution in [-0.4, -0.2) is 51.5 Å². The molecule has 3 aromatic rings. The monoisotopic (exact) mass is 457 g/mol. The van der Waals surface area contributed by atoms with E-state index < -0.39 is 0 Å². The van der Waals surface area contributed by atoms with Gasteiger partial charge in [-0.2, -0.15) is 0 Å². The fraction of sp³-hybridized carbons (Fsp3) is 0.455. The third-order valence-electron chi connectivity index (χ3n) is 6.21. The van der Waals surface area contributed by atoms with E-state index in [1.807, 2.05) is 28.5 Å². The highest BCUT2D eigenvalue weighted by Gasteiger charge is 2.28. The number of aromatic nitrogens is 3. The van der Waals surface area contributed by atoms with Crippen molar-refractivity contribution in [3.63, 3.8) is 0 Å². The lowest BCUT2D eigenvalue weighted by Crippen LogP contribution is -2.49. The molecular weight excluding hydrogens is 434 g/mol. The van der Waals surface area contributed by atoms with Crippen LogP contribution in [0.1, 0.15) is 40.3 Å². The van der Waals surface area contributed by atoms with Gasteiger partial charge in [-0.05, 0) is 37.5 Å². The van der Waals surface area contributed by atoms with Crippen LogP contribution in [0.3, 0.4) is 0 Å². The molecule has 1 amide bonds. The first-order valence-electron chi connectivity index (χ1n) is 10.7. The Morgan fingerprint density at radius 2 is 1.90 bits per heavy atom. The van der Waals surface area contributed by atoms with E-state index >= 15 is 0 Å². The Labute approximate surface area is 189 Å². The molecule has 0 bridgehead atoms. The van der Waals surface area contributed by atoms with Crippen LogP contribution in [0.4, 0.5) is 5.82 Å². The van der Waals surface area contributed by atoms with Crippen LogP contribution in [-0.2, 0) is 13.0 Å². The summed E-state index contributed by atoms with van der Waals surface area (Å²) < 4.78 is 1.82. The molecule has 0 unspecified atom stereocenters. The van der Waals surface area contributed by atoms with Gasteiger partial charge in [-0.3, -0.25) is 14.2 Å². The van der Waals surface area contributed by atoms with Gasteiger partial charge in [0.05, 0.1) is 15.3 Å². The standard InChI is InChI=1S/C22H24ClN5O2S/c1-14-18-20(25-17-5-3-2-4-8-28(17)21(18)29)31-19(14)22(30)27-11-9-26(10-12-27)16-7-6-15(23)13-24-16/h6-7,13H,2-5,8-12H2,1H3. The molecular formula is C22H24ClN5O2S. The summed E-state index contributed by atoms with van der Waals surface area (Å²) in [4.78, 5) is 41.0. The maximum atomic E-state index is 13.3. The van der Waals surface area contributed by atoms with Crippen LogP contribution in [0.15, 0.2) is 23.1 Å². The number of nitrogens with zero attached hydrogens (tertiary/aromatic N) is 5. The van der Waals surface area contributed by atoms with Gasteiger partial charge in [0.1, 0.15) is 16.5 Å². The fourth-order valence-corrected chi connectivity index (χ4v) is 5.72. The molecule has 0 aliphatic carbocycles. The Morgan fingerprint density at radius 1 is 1.10 bits per heavy atom. The van der Waals surface area contributed by atoms with Crippen LogP contribution in [0, 0.1) is 6.92 Å². The number of anilines is 1. The molecule has 31 heavy (non-hydrogen) atoms. The fourth-order valence-electron chi connectivity index (χ4n) is 4.45. The Hall–Kier alpha value is -2.45. The van der Waals surface area contributed by atoms with Crippen molar-refractivity contribution in [2.45, 2.75) is 39.2 Å². The number of carbonyl (C=O) groups is 1. The van der Waals surface area contributed by atoms with E-state index in [-0.39, 0.29) is 11.5 Å². The highest BCUT2D eigenvalue weighted by Crippen LogP contribution is 2.30. The largest absolute Gasteiger partial charge is 0.353 e. The number of thiophene rings is 1. The van der Waals surface area contributed by atoms with Crippen molar-refractivity contribution in [3.8, 4) is 0 Å². The molecule has 9 heteroatoms. The lowest BCUT2D eigenvalue weighted by Gasteiger charge is -2.35. The van der Waals surface area contributed by atoms with Crippen molar-refractivity contribution >= 4 is 44.9 Å². The lowest BCUT2D eigenvalue weighted by molar-refractivity contribution is 0.0751. The first-order valence-corrected chi connectivity index (χ1v) is 11.9. The summed E-state index contributed by atoms with van der Waals surface area (Å²) in [6, 6.07) is 3.73. The van der Waals surface area contributed by atoms with Gasteiger partial charge < -0.3 is 9.80 Å². The number of hydrogen-bond acceptors (Lipinski definition) is 6. The summed E-state index contributed by atoms with van der Waals surface area (Å²) >= 11 is 7.29. The number of pyridine rings is 1. The number of piperazine rings is 1. The van der Waals surface area contributed by atoms with E-state index in [0.29, 0.717) is 46.3 Å². The van der Waals surface area contributed by atoms with Gasteiger partial charge in [-0.1, -0.05) is 18.0 Å². The van der Waals surface area contributed by atoms with Gasteiger partial charge in [0.25, 0.3) is 11.5 Å². The van der Waals surface area contributed by atoms with Gasteiger partial charge in [-0.15, -0.1) is 11.3 Å². The van der Waals surface area contributed by atoms with Crippen LogP contribution in [0.5, 0.6) is 0 Å². The third-order valence-corrected chi connectivity index (χ3v) is 7.61. The van der Waals surface area contributed by atoms with Crippen molar-refractivity contribution in [1.82, 2.24) is 19.4 Å². The Kier molecular flexibility index (Phi) is 5.44. The SMILES string of the molecule is Cc1c(C(=O)N2CCN(c3ccc(Cl)cn3)CC2)sc2nc3n(c(=O)c12)CCCCC3. The molecule has 0 atom stereocenters. The normalized spacial score (nSPS) is 17.0. The second-order valence-electron chi connectivity index (χ2n) is 8.15. The number of carbonyl (C=O) groups excluding carboxylic acids is 1. The molecule has 0 spiro atoms. The minimum absolute atomic E-state index is 0.00771. The minimum atomic E-state index is -0.0104. The van der Waals surface area contributed by atoms with Crippen molar-refractivity contribution in [2.75, 3.05) is 31.1 Å². The molecule has 1 saturated heterocycles. The zero-order valence-electron chi connectivity index (χ0n) is 17.4. The minimum Gasteiger partial charge on any atom is -0.353 e. The van der Waals surface area contributed by atoms with E-state index in [1.165, 1.54) is 11.3 Å². The van der Waals surface area contributed by atoms with E-state index in [1.54, 1.807) is 6.20 Å². The number of amides is 1. The smallest absolute Gasteiger partial charge is 0.264 e. The number of hydrogen-bond donors (Lipinski definition) is 0. The van der Waals surface area contributed by atoms with Crippen LogP contribution >= 0.6 is 22.9 Å². The number of aryl methyl sites for hydroxylation is 2. The molecule has 0 N–H and O–H groups in total. The van der Waals surface area contributed by atoms with Crippen molar-refractivity contribution in [2.24, 2.45) is 0 Å². The summed E-state index contributed by atoms with van der Waals surface area (Å²) in [6.07, 6.45) is 5.65. The molecule has 7 nitrogen and oxygen atoms in total. The average Bonchev–Trinajstić information content (AvgIpc) is 2.95. The Morgan fingerprint density at radius 3 is 2.65 bits per heavy atom. The predicted molar refractivity (Wildman–Crippen MR) is 124 cm³/mol. The van der Waals surface area contributed by atoms with E-state index in [0.717, 1.165) is 49.4 Å². The highest BCUT2D eigenvalue weighted by molar-refractivity contribution is 7.20. The molecule has 5 rings (SSSR count). The summed E-state index contributed by atoms with van der Waals surface area (Å²) in [5, 5.41) is 1.22. The van der Waals surface area contributed by atoms with Gasteiger partial charge in [0, 0.05) is 45.3 Å². The maximum Gasteiger partial charge on any atom is 0.264 e. The lowest BCUT2D eigenvalue weighted by atomic mass is 10.2. The number of rotatable bonds is 2. The summed E-state index contributed by atoms with van der Waals surface area (Å²) in [7, 11) is 0. The molecule has 0 aromatic carbocycles.